The summed E-state index contributed by atoms with van der Waals surface area (Å²) in [4.78, 5) is 2.36. The van der Waals surface area contributed by atoms with Crippen molar-refractivity contribution in [1.29, 1.82) is 0 Å². The smallest absolute Gasteiger partial charge is 0.159 e. The molecule has 0 fully saturated rings. The van der Waals surface area contributed by atoms with Crippen molar-refractivity contribution in [3.63, 3.8) is 0 Å². The van der Waals surface area contributed by atoms with Crippen LogP contribution in [0.5, 0.6) is 0 Å². The fraction of sp³-hybridized carbons (Fsp3) is 0.0189. The molecule has 0 amide bonds. The number of fused-ring (bicyclic) bond motifs is 8. The summed E-state index contributed by atoms with van der Waals surface area (Å²) in [5, 5.41) is 4.73. The molecule has 1 heterocycles. The van der Waals surface area contributed by atoms with Gasteiger partial charge in [0.05, 0.1) is 11.1 Å². The number of benzene rings is 9. The first-order chi connectivity index (χ1) is 27.3. The maximum absolute atomic E-state index is 6.68. The van der Waals surface area contributed by atoms with E-state index in [2.05, 4.69) is 211 Å². The standard InChI is InChI=1S/C53H35NO/c1-5-17-36(18-6-1)41-26-15-27-44-42(41)33-34-47-51(44)46-32-31-40(35-48(46)53(47,37-19-7-2-8-20-37)38-21-9-3-10-22-38)54(39-23-11-4-12-24-39)49-29-16-28-45-43-25-13-14-30-50(43)55-52(45)49/h1-35H. The normalized spacial score (nSPS) is 12.9. The second-order valence-electron chi connectivity index (χ2n) is 14.4. The molecular weight excluding hydrogens is 667 g/mol. The minimum Gasteiger partial charge on any atom is -0.454 e. The third-order valence-electron chi connectivity index (χ3n) is 11.5. The first-order valence-electron chi connectivity index (χ1n) is 18.9. The van der Waals surface area contributed by atoms with Crippen LogP contribution in [-0.2, 0) is 5.41 Å². The van der Waals surface area contributed by atoms with Crippen molar-refractivity contribution in [2.45, 2.75) is 5.41 Å². The van der Waals surface area contributed by atoms with Crippen molar-refractivity contribution < 1.29 is 4.42 Å². The van der Waals surface area contributed by atoms with Crippen LogP contribution in [0, 0.1) is 0 Å². The van der Waals surface area contributed by atoms with Gasteiger partial charge in [-0.1, -0.05) is 176 Å². The molecule has 0 atom stereocenters. The molecule has 9 aromatic carbocycles. The monoisotopic (exact) mass is 701 g/mol. The van der Waals surface area contributed by atoms with Gasteiger partial charge in [-0.05, 0) is 91.7 Å². The van der Waals surface area contributed by atoms with E-state index in [0.717, 1.165) is 39.0 Å². The van der Waals surface area contributed by atoms with Gasteiger partial charge in [-0.25, -0.2) is 0 Å². The predicted octanol–water partition coefficient (Wildman–Crippen LogP) is 14.2. The van der Waals surface area contributed by atoms with Gasteiger partial charge in [-0.15, -0.1) is 0 Å². The largest absolute Gasteiger partial charge is 0.454 e. The molecule has 2 heteroatoms. The molecule has 1 aliphatic rings. The Morgan fingerprint density at radius 2 is 1.00 bits per heavy atom. The number of hydrogen-bond acceptors (Lipinski definition) is 2. The van der Waals surface area contributed by atoms with Crippen molar-refractivity contribution in [2.75, 3.05) is 4.90 Å². The highest BCUT2D eigenvalue weighted by molar-refractivity contribution is 6.11. The zero-order valence-electron chi connectivity index (χ0n) is 30.1. The second-order valence-corrected chi connectivity index (χ2v) is 14.4. The first kappa shape index (κ1) is 31.4. The number of hydrogen-bond donors (Lipinski definition) is 0. The summed E-state index contributed by atoms with van der Waals surface area (Å²) in [6.45, 7) is 0. The van der Waals surface area contributed by atoms with Crippen LogP contribution in [0.3, 0.4) is 0 Å². The van der Waals surface area contributed by atoms with E-state index >= 15 is 0 Å². The van der Waals surface area contributed by atoms with Crippen LogP contribution in [0.15, 0.2) is 217 Å². The van der Waals surface area contributed by atoms with Gasteiger partial charge in [-0.2, -0.15) is 0 Å². The molecule has 55 heavy (non-hydrogen) atoms. The molecule has 2 nitrogen and oxygen atoms in total. The predicted molar refractivity (Wildman–Crippen MR) is 229 cm³/mol. The summed E-state index contributed by atoms with van der Waals surface area (Å²) >= 11 is 0. The fourth-order valence-corrected chi connectivity index (χ4v) is 9.25. The van der Waals surface area contributed by atoms with E-state index in [1.54, 1.807) is 0 Å². The molecule has 0 spiro atoms. The molecule has 0 N–H and O–H groups in total. The lowest BCUT2D eigenvalue weighted by Crippen LogP contribution is -2.28. The summed E-state index contributed by atoms with van der Waals surface area (Å²) in [5.74, 6) is 0. The molecule has 258 valence electrons. The van der Waals surface area contributed by atoms with E-state index in [0.29, 0.717) is 0 Å². The molecule has 1 aromatic heterocycles. The van der Waals surface area contributed by atoms with Crippen LogP contribution in [-0.4, -0.2) is 0 Å². The quantitative estimate of drug-likeness (QED) is 0.172. The summed E-state index contributed by atoms with van der Waals surface area (Å²) in [6.07, 6.45) is 0. The summed E-state index contributed by atoms with van der Waals surface area (Å²) < 4.78 is 6.68. The molecule has 10 aromatic rings. The van der Waals surface area contributed by atoms with Crippen molar-refractivity contribution in [3.8, 4) is 22.3 Å². The molecular formula is C53H35NO. The second kappa shape index (κ2) is 12.5. The maximum atomic E-state index is 6.68. The topological polar surface area (TPSA) is 16.4 Å². The molecule has 0 saturated heterocycles. The van der Waals surface area contributed by atoms with Gasteiger partial charge in [0.25, 0.3) is 0 Å². The van der Waals surface area contributed by atoms with Gasteiger partial charge in [0.1, 0.15) is 5.58 Å². The van der Waals surface area contributed by atoms with E-state index in [1.165, 1.54) is 55.3 Å². The van der Waals surface area contributed by atoms with E-state index in [4.69, 9.17) is 4.42 Å². The van der Waals surface area contributed by atoms with Crippen LogP contribution >= 0.6 is 0 Å². The van der Waals surface area contributed by atoms with E-state index < -0.39 is 5.41 Å². The molecule has 0 radical (unpaired) electrons. The Labute approximate surface area is 320 Å². The lowest BCUT2D eigenvalue weighted by Gasteiger charge is -2.35. The summed E-state index contributed by atoms with van der Waals surface area (Å²) in [7, 11) is 0. The zero-order chi connectivity index (χ0) is 36.3. The third kappa shape index (κ3) is 4.68. The first-order valence-corrected chi connectivity index (χ1v) is 18.9. The number of furan rings is 1. The van der Waals surface area contributed by atoms with Gasteiger partial charge < -0.3 is 9.32 Å². The summed E-state index contributed by atoms with van der Waals surface area (Å²) in [5.41, 5.74) is 14.3. The maximum Gasteiger partial charge on any atom is 0.159 e. The van der Waals surface area contributed by atoms with Gasteiger partial charge in [0.2, 0.25) is 0 Å². The van der Waals surface area contributed by atoms with Gasteiger partial charge in [0.15, 0.2) is 5.58 Å². The minimum absolute atomic E-state index is 0.576. The molecule has 0 aliphatic heterocycles. The molecule has 0 unspecified atom stereocenters. The van der Waals surface area contributed by atoms with Crippen molar-refractivity contribution in [1.82, 2.24) is 0 Å². The lowest BCUT2D eigenvalue weighted by molar-refractivity contribution is 0.669. The number of para-hydroxylation sites is 3. The van der Waals surface area contributed by atoms with Crippen LogP contribution in [0.2, 0.25) is 0 Å². The Balaban J connectivity index is 1.24. The average molecular weight is 702 g/mol. The highest BCUT2D eigenvalue weighted by atomic mass is 16.3. The molecule has 0 bridgehead atoms. The fourth-order valence-electron chi connectivity index (χ4n) is 9.25. The number of nitrogens with zero attached hydrogens (tertiary/aromatic N) is 1. The Hall–Kier alpha value is -7.16. The van der Waals surface area contributed by atoms with Crippen LogP contribution in [0.25, 0.3) is 55.0 Å². The Morgan fingerprint density at radius 1 is 0.382 bits per heavy atom. The van der Waals surface area contributed by atoms with Crippen molar-refractivity contribution in [3.05, 3.63) is 235 Å². The molecule has 1 aliphatic carbocycles. The minimum atomic E-state index is -0.576. The Kier molecular flexibility index (Phi) is 7.11. The third-order valence-corrected chi connectivity index (χ3v) is 11.5. The van der Waals surface area contributed by atoms with Gasteiger partial charge >= 0.3 is 0 Å². The average Bonchev–Trinajstić information content (AvgIpc) is 3.79. The van der Waals surface area contributed by atoms with Crippen molar-refractivity contribution in [2.24, 2.45) is 0 Å². The van der Waals surface area contributed by atoms with E-state index in [-0.39, 0.29) is 0 Å². The highest BCUT2D eigenvalue weighted by Crippen LogP contribution is 2.59. The number of anilines is 3. The molecule has 0 saturated carbocycles. The highest BCUT2D eigenvalue weighted by Gasteiger charge is 2.47. The Bertz CT molecular complexity index is 2980. The zero-order valence-corrected chi connectivity index (χ0v) is 30.1. The summed E-state index contributed by atoms with van der Waals surface area (Å²) in [6, 6.07) is 77.0. The van der Waals surface area contributed by atoms with Crippen LogP contribution < -0.4 is 4.90 Å². The molecule has 11 rings (SSSR count). The Morgan fingerprint density at radius 3 is 1.75 bits per heavy atom. The van der Waals surface area contributed by atoms with Gasteiger partial charge in [0, 0.05) is 22.1 Å². The lowest BCUT2D eigenvalue weighted by atomic mass is 9.67. The SMILES string of the molecule is c1ccc(-c2cccc3c4c(ccc23)C(c2ccccc2)(c2ccccc2)c2cc(N(c3ccccc3)c3cccc5c3oc3ccccc35)ccc2-4)cc1. The number of rotatable bonds is 6. The van der Waals surface area contributed by atoms with Crippen LogP contribution in [0.4, 0.5) is 17.1 Å². The van der Waals surface area contributed by atoms with Crippen molar-refractivity contribution >= 4 is 49.8 Å². The van der Waals surface area contributed by atoms with E-state index in [9.17, 15) is 0 Å². The van der Waals surface area contributed by atoms with Gasteiger partial charge in [-0.3, -0.25) is 0 Å². The van der Waals surface area contributed by atoms with Crippen LogP contribution in [0.1, 0.15) is 22.3 Å². The van der Waals surface area contributed by atoms with E-state index in [1.807, 2.05) is 6.07 Å².